The van der Waals surface area contributed by atoms with Gasteiger partial charge in [-0.1, -0.05) is 12.1 Å². The zero-order valence-electron chi connectivity index (χ0n) is 15.6. The normalized spacial score (nSPS) is 14.1. The van der Waals surface area contributed by atoms with Gasteiger partial charge in [-0.15, -0.1) is 0 Å². The van der Waals surface area contributed by atoms with Crippen molar-refractivity contribution in [3.63, 3.8) is 0 Å². The maximum atomic E-state index is 14.0. The van der Waals surface area contributed by atoms with Crippen LogP contribution in [0, 0.1) is 11.6 Å². The maximum Gasteiger partial charge on any atom is 0.224 e. The Labute approximate surface area is 162 Å². The van der Waals surface area contributed by atoms with E-state index in [1.54, 1.807) is 11.1 Å². The Balaban J connectivity index is 1.58. The number of para-hydroxylation sites is 1. The first-order valence-electron chi connectivity index (χ1n) is 9.13. The molecule has 148 valence electrons. The van der Waals surface area contributed by atoms with Gasteiger partial charge >= 0.3 is 0 Å². The van der Waals surface area contributed by atoms with Crippen LogP contribution in [-0.2, 0) is 9.59 Å². The number of amides is 2. The van der Waals surface area contributed by atoms with Gasteiger partial charge in [0.15, 0.2) is 0 Å². The average molecular weight is 388 g/mol. The van der Waals surface area contributed by atoms with Crippen LogP contribution in [0.5, 0.6) is 0 Å². The van der Waals surface area contributed by atoms with Gasteiger partial charge in [-0.25, -0.2) is 13.8 Å². The molecule has 0 radical (unpaired) electrons. The Morgan fingerprint density at radius 3 is 2.29 bits per heavy atom. The molecule has 1 aliphatic rings. The number of nitrogens with zero attached hydrogens (tertiary/aromatic N) is 4. The standard InChI is InChI=1S/C20H22F2N4O2/c1-15(27)26(20-16(21)5-4-6-17(20)22)10-8-19(28)25-13-11-24(12-14-25)18-7-2-3-9-23-18/h2-7,9H,8,10-14H2,1H3. The van der Waals surface area contributed by atoms with Crippen molar-refractivity contribution in [2.45, 2.75) is 13.3 Å². The highest BCUT2D eigenvalue weighted by Gasteiger charge is 2.25. The summed E-state index contributed by atoms with van der Waals surface area (Å²) in [7, 11) is 0. The molecule has 1 fully saturated rings. The molecular formula is C20H22F2N4O2. The van der Waals surface area contributed by atoms with Crippen LogP contribution in [-0.4, -0.2) is 54.4 Å². The Kier molecular flexibility index (Phi) is 6.18. The van der Waals surface area contributed by atoms with E-state index in [0.717, 1.165) is 22.9 Å². The van der Waals surface area contributed by atoms with E-state index in [0.29, 0.717) is 26.2 Å². The molecule has 3 rings (SSSR count). The van der Waals surface area contributed by atoms with Crippen molar-refractivity contribution in [2.24, 2.45) is 0 Å². The molecule has 2 amide bonds. The van der Waals surface area contributed by atoms with E-state index >= 15 is 0 Å². The second kappa shape index (κ2) is 8.77. The van der Waals surface area contributed by atoms with E-state index in [1.165, 1.54) is 13.0 Å². The molecule has 0 spiro atoms. The largest absolute Gasteiger partial charge is 0.353 e. The Morgan fingerprint density at radius 2 is 1.71 bits per heavy atom. The lowest BCUT2D eigenvalue weighted by molar-refractivity contribution is -0.131. The van der Waals surface area contributed by atoms with Crippen LogP contribution in [0.15, 0.2) is 42.6 Å². The Bertz CT molecular complexity index is 819. The van der Waals surface area contributed by atoms with Crippen molar-refractivity contribution in [3.05, 3.63) is 54.2 Å². The molecule has 28 heavy (non-hydrogen) atoms. The molecule has 6 nitrogen and oxygen atoms in total. The van der Waals surface area contributed by atoms with Gasteiger partial charge in [0, 0.05) is 52.3 Å². The SMILES string of the molecule is CC(=O)N(CCC(=O)N1CCN(c2ccccn2)CC1)c1c(F)cccc1F. The zero-order chi connectivity index (χ0) is 20.1. The Hall–Kier alpha value is -3.03. The highest BCUT2D eigenvalue weighted by molar-refractivity contribution is 5.92. The first kappa shape index (κ1) is 19.7. The summed E-state index contributed by atoms with van der Waals surface area (Å²) < 4.78 is 28.0. The summed E-state index contributed by atoms with van der Waals surface area (Å²) in [6.07, 6.45) is 1.72. The summed E-state index contributed by atoms with van der Waals surface area (Å²) in [5.41, 5.74) is -0.414. The molecule has 0 unspecified atom stereocenters. The minimum Gasteiger partial charge on any atom is -0.353 e. The number of rotatable bonds is 5. The number of piperazine rings is 1. The predicted molar refractivity (Wildman–Crippen MR) is 102 cm³/mol. The van der Waals surface area contributed by atoms with Crippen LogP contribution in [0.1, 0.15) is 13.3 Å². The topological polar surface area (TPSA) is 56.8 Å². The zero-order valence-corrected chi connectivity index (χ0v) is 15.6. The second-order valence-electron chi connectivity index (χ2n) is 6.55. The smallest absolute Gasteiger partial charge is 0.224 e. The number of hydrogen-bond acceptors (Lipinski definition) is 4. The molecule has 0 N–H and O–H groups in total. The number of halogens is 2. The summed E-state index contributed by atoms with van der Waals surface area (Å²) in [4.78, 5) is 33.5. The summed E-state index contributed by atoms with van der Waals surface area (Å²) >= 11 is 0. The lowest BCUT2D eigenvalue weighted by Gasteiger charge is -2.35. The molecular weight excluding hydrogens is 366 g/mol. The number of hydrogen-bond donors (Lipinski definition) is 0. The predicted octanol–water partition coefficient (Wildman–Crippen LogP) is 2.45. The van der Waals surface area contributed by atoms with Crippen molar-refractivity contribution < 1.29 is 18.4 Å². The second-order valence-corrected chi connectivity index (χ2v) is 6.55. The van der Waals surface area contributed by atoms with Gasteiger partial charge in [0.05, 0.1) is 0 Å². The fourth-order valence-electron chi connectivity index (χ4n) is 3.26. The molecule has 0 bridgehead atoms. The summed E-state index contributed by atoms with van der Waals surface area (Å²) in [6, 6.07) is 9.10. The third kappa shape index (κ3) is 4.44. The molecule has 0 aliphatic carbocycles. The molecule has 0 saturated carbocycles. The van der Waals surface area contributed by atoms with Crippen LogP contribution in [0.25, 0.3) is 0 Å². The van der Waals surface area contributed by atoms with E-state index in [2.05, 4.69) is 9.88 Å². The van der Waals surface area contributed by atoms with Gasteiger partial charge in [-0.3, -0.25) is 9.59 Å². The molecule has 1 saturated heterocycles. The lowest BCUT2D eigenvalue weighted by Crippen LogP contribution is -2.49. The van der Waals surface area contributed by atoms with E-state index in [1.807, 2.05) is 18.2 Å². The van der Waals surface area contributed by atoms with Crippen LogP contribution < -0.4 is 9.80 Å². The van der Waals surface area contributed by atoms with Crippen molar-refractivity contribution in [1.82, 2.24) is 9.88 Å². The number of benzene rings is 1. The van der Waals surface area contributed by atoms with Gasteiger partial charge in [0.2, 0.25) is 11.8 Å². The molecule has 1 aliphatic heterocycles. The number of carbonyl (C=O) groups excluding carboxylic acids is 2. The third-order valence-corrected chi connectivity index (χ3v) is 4.74. The number of pyridine rings is 1. The highest BCUT2D eigenvalue weighted by Crippen LogP contribution is 2.24. The first-order valence-corrected chi connectivity index (χ1v) is 9.13. The Morgan fingerprint density at radius 1 is 1.04 bits per heavy atom. The van der Waals surface area contributed by atoms with Crippen molar-refractivity contribution >= 4 is 23.3 Å². The number of carbonyl (C=O) groups is 2. The summed E-state index contributed by atoms with van der Waals surface area (Å²) in [5, 5.41) is 0. The van der Waals surface area contributed by atoms with Gasteiger partial charge in [-0.05, 0) is 24.3 Å². The third-order valence-electron chi connectivity index (χ3n) is 4.74. The van der Waals surface area contributed by atoms with Crippen molar-refractivity contribution in [2.75, 3.05) is 42.5 Å². The van der Waals surface area contributed by atoms with Crippen LogP contribution >= 0.6 is 0 Å². The van der Waals surface area contributed by atoms with Crippen LogP contribution in [0.3, 0.4) is 0 Å². The molecule has 1 aromatic heterocycles. The minimum atomic E-state index is -0.827. The van der Waals surface area contributed by atoms with E-state index < -0.39 is 23.2 Å². The van der Waals surface area contributed by atoms with Gasteiger partial charge in [0.25, 0.3) is 0 Å². The fraction of sp³-hybridized carbons (Fsp3) is 0.350. The molecule has 2 heterocycles. The van der Waals surface area contributed by atoms with Crippen LogP contribution in [0.4, 0.5) is 20.3 Å². The maximum absolute atomic E-state index is 14.0. The molecule has 0 atom stereocenters. The molecule has 1 aromatic carbocycles. The monoisotopic (exact) mass is 388 g/mol. The van der Waals surface area contributed by atoms with E-state index in [9.17, 15) is 18.4 Å². The molecule has 8 heteroatoms. The summed E-state index contributed by atoms with van der Waals surface area (Å²) in [5.74, 6) is -1.45. The van der Waals surface area contributed by atoms with Crippen molar-refractivity contribution in [1.29, 1.82) is 0 Å². The van der Waals surface area contributed by atoms with E-state index in [-0.39, 0.29) is 18.9 Å². The fourth-order valence-corrected chi connectivity index (χ4v) is 3.26. The quantitative estimate of drug-likeness (QED) is 0.790. The number of anilines is 2. The van der Waals surface area contributed by atoms with Gasteiger partial charge in [-0.2, -0.15) is 0 Å². The highest BCUT2D eigenvalue weighted by atomic mass is 19.1. The minimum absolute atomic E-state index is 0.00303. The summed E-state index contributed by atoms with van der Waals surface area (Å²) in [6.45, 7) is 3.52. The average Bonchev–Trinajstić information content (AvgIpc) is 2.70. The van der Waals surface area contributed by atoms with Gasteiger partial charge < -0.3 is 14.7 Å². The number of aromatic nitrogens is 1. The van der Waals surface area contributed by atoms with Crippen LogP contribution in [0.2, 0.25) is 0 Å². The first-order chi connectivity index (χ1) is 13.5. The lowest BCUT2D eigenvalue weighted by atomic mass is 10.2. The van der Waals surface area contributed by atoms with Gasteiger partial charge in [0.1, 0.15) is 23.1 Å². The van der Waals surface area contributed by atoms with Crippen molar-refractivity contribution in [3.8, 4) is 0 Å². The molecule has 2 aromatic rings. The van der Waals surface area contributed by atoms with E-state index in [4.69, 9.17) is 0 Å².